The first-order valence-electron chi connectivity index (χ1n) is 9.16. The second kappa shape index (κ2) is 8.39. The molecule has 0 aliphatic carbocycles. The van der Waals surface area contributed by atoms with Crippen LogP contribution in [0.2, 0.25) is 0 Å². The number of nitrogens with one attached hydrogen (secondary N) is 1. The minimum Gasteiger partial charge on any atom is -0.382 e. The maximum absolute atomic E-state index is 13.2. The summed E-state index contributed by atoms with van der Waals surface area (Å²) in [4.78, 5) is 29.5. The minimum atomic E-state index is -0.438. The molecule has 0 aliphatic heterocycles. The lowest BCUT2D eigenvalue weighted by Crippen LogP contribution is -2.37. The second-order valence-electron chi connectivity index (χ2n) is 6.50. The van der Waals surface area contributed by atoms with Gasteiger partial charge in [-0.15, -0.1) is 0 Å². The first-order valence-corrected chi connectivity index (χ1v) is 9.16. The van der Waals surface area contributed by atoms with Crippen LogP contribution < -0.4 is 16.6 Å². The van der Waals surface area contributed by atoms with E-state index < -0.39 is 11.2 Å². The summed E-state index contributed by atoms with van der Waals surface area (Å²) < 4.78 is 22.7. The lowest BCUT2D eigenvalue weighted by Gasteiger charge is -2.11. The maximum atomic E-state index is 13.2. The molecule has 28 heavy (non-hydrogen) atoms. The number of anilines is 1. The number of aromatic nitrogens is 4. The molecule has 1 aromatic carbocycles. The summed E-state index contributed by atoms with van der Waals surface area (Å²) in [6.07, 6.45) is 0.768. The van der Waals surface area contributed by atoms with Crippen LogP contribution in [-0.4, -0.2) is 38.4 Å². The van der Waals surface area contributed by atoms with Gasteiger partial charge >= 0.3 is 5.69 Å². The van der Waals surface area contributed by atoms with Gasteiger partial charge in [-0.1, -0.05) is 12.1 Å². The molecule has 2 aromatic heterocycles. The summed E-state index contributed by atoms with van der Waals surface area (Å²) in [5.41, 5.74) is 0.583. The molecule has 0 aliphatic rings. The van der Waals surface area contributed by atoms with Crippen molar-refractivity contribution in [2.75, 3.05) is 25.1 Å². The van der Waals surface area contributed by atoms with E-state index in [4.69, 9.17) is 4.74 Å². The van der Waals surface area contributed by atoms with Crippen LogP contribution in [0.25, 0.3) is 11.2 Å². The smallest absolute Gasteiger partial charge is 0.332 e. The largest absolute Gasteiger partial charge is 0.382 e. The Bertz CT molecular complexity index is 1080. The van der Waals surface area contributed by atoms with Crippen LogP contribution >= 0.6 is 0 Å². The number of benzene rings is 1. The van der Waals surface area contributed by atoms with Crippen molar-refractivity contribution in [3.8, 4) is 0 Å². The Hall–Kier alpha value is -2.94. The first-order chi connectivity index (χ1) is 13.4. The molecule has 3 aromatic rings. The molecule has 150 valence electrons. The van der Waals surface area contributed by atoms with E-state index in [2.05, 4.69) is 10.3 Å². The van der Waals surface area contributed by atoms with Gasteiger partial charge in [0.1, 0.15) is 5.82 Å². The van der Waals surface area contributed by atoms with Crippen molar-refractivity contribution in [2.45, 2.75) is 19.9 Å². The highest BCUT2D eigenvalue weighted by atomic mass is 19.1. The molecule has 8 nitrogen and oxygen atoms in total. The second-order valence-corrected chi connectivity index (χ2v) is 6.50. The molecule has 2 heterocycles. The van der Waals surface area contributed by atoms with Crippen LogP contribution in [0.3, 0.4) is 0 Å². The Kier molecular flexibility index (Phi) is 5.93. The van der Waals surface area contributed by atoms with Gasteiger partial charge in [-0.05, 0) is 31.0 Å². The highest BCUT2D eigenvalue weighted by Gasteiger charge is 2.19. The van der Waals surface area contributed by atoms with Gasteiger partial charge in [0.15, 0.2) is 11.2 Å². The van der Waals surface area contributed by atoms with Crippen molar-refractivity contribution >= 4 is 17.1 Å². The Labute approximate surface area is 161 Å². The number of rotatable bonds is 8. The molecule has 0 saturated heterocycles. The van der Waals surface area contributed by atoms with Crippen LogP contribution in [0.5, 0.6) is 0 Å². The number of nitrogens with zero attached hydrogens (tertiary/aromatic N) is 4. The van der Waals surface area contributed by atoms with Gasteiger partial charge in [0.2, 0.25) is 5.95 Å². The van der Waals surface area contributed by atoms with Crippen molar-refractivity contribution in [3.63, 3.8) is 0 Å². The average molecular weight is 389 g/mol. The Morgan fingerprint density at radius 1 is 1.14 bits per heavy atom. The summed E-state index contributed by atoms with van der Waals surface area (Å²) in [7, 11) is 3.02. The van der Waals surface area contributed by atoms with Crippen LogP contribution in [-0.2, 0) is 25.4 Å². The van der Waals surface area contributed by atoms with E-state index in [0.29, 0.717) is 43.4 Å². The van der Waals surface area contributed by atoms with E-state index in [9.17, 15) is 14.0 Å². The number of imidazole rings is 1. The summed E-state index contributed by atoms with van der Waals surface area (Å²) in [5.74, 6) is 0.154. The van der Waals surface area contributed by atoms with E-state index in [1.165, 1.54) is 23.7 Å². The number of halogens is 1. The van der Waals surface area contributed by atoms with Gasteiger partial charge in [0, 0.05) is 33.9 Å². The Morgan fingerprint density at radius 3 is 2.54 bits per heavy atom. The van der Waals surface area contributed by atoms with Crippen molar-refractivity contribution in [1.29, 1.82) is 0 Å². The number of fused-ring (bicyclic) bond motifs is 1. The molecule has 0 radical (unpaired) electrons. The van der Waals surface area contributed by atoms with E-state index in [1.807, 2.05) is 6.92 Å². The van der Waals surface area contributed by atoms with Gasteiger partial charge in [-0.2, -0.15) is 4.98 Å². The van der Waals surface area contributed by atoms with Crippen molar-refractivity contribution in [2.24, 2.45) is 14.1 Å². The van der Waals surface area contributed by atoms with Crippen LogP contribution in [0.15, 0.2) is 33.9 Å². The van der Waals surface area contributed by atoms with E-state index in [-0.39, 0.29) is 5.82 Å². The standard InChI is InChI=1S/C19H24FN5O3/c1-4-28-11-5-10-21-18-22-16-15(17(26)24(3)19(27)23(16)2)25(18)12-13-6-8-14(20)9-7-13/h6-9H,4-5,10-12H2,1-3H3,(H,21,22). The number of aryl methyl sites for hydroxylation is 1. The molecular weight excluding hydrogens is 365 g/mol. The van der Waals surface area contributed by atoms with Gasteiger partial charge in [0.25, 0.3) is 5.56 Å². The third-order valence-electron chi connectivity index (χ3n) is 4.55. The number of hydrogen-bond donors (Lipinski definition) is 1. The summed E-state index contributed by atoms with van der Waals surface area (Å²) in [6.45, 7) is 4.12. The highest BCUT2D eigenvalue weighted by Crippen LogP contribution is 2.18. The first kappa shape index (κ1) is 19.8. The number of hydrogen-bond acceptors (Lipinski definition) is 5. The third-order valence-corrected chi connectivity index (χ3v) is 4.55. The highest BCUT2D eigenvalue weighted by molar-refractivity contribution is 5.74. The molecular formula is C19H24FN5O3. The summed E-state index contributed by atoms with van der Waals surface area (Å²) >= 11 is 0. The predicted molar refractivity (Wildman–Crippen MR) is 105 cm³/mol. The lowest BCUT2D eigenvalue weighted by molar-refractivity contribution is 0.147. The number of ether oxygens (including phenoxy) is 1. The zero-order valence-electron chi connectivity index (χ0n) is 16.2. The average Bonchev–Trinajstić information content (AvgIpc) is 3.04. The monoisotopic (exact) mass is 389 g/mol. The molecule has 3 rings (SSSR count). The molecule has 0 fully saturated rings. The summed E-state index contributed by atoms with van der Waals surface area (Å²) in [5, 5.41) is 3.22. The van der Waals surface area contributed by atoms with Gasteiger partial charge in [0.05, 0.1) is 6.54 Å². The molecule has 0 saturated carbocycles. The zero-order valence-corrected chi connectivity index (χ0v) is 16.2. The Morgan fingerprint density at radius 2 is 1.86 bits per heavy atom. The van der Waals surface area contributed by atoms with Crippen LogP contribution in [0, 0.1) is 5.82 Å². The van der Waals surface area contributed by atoms with E-state index in [0.717, 1.165) is 16.6 Å². The molecule has 1 N–H and O–H groups in total. The molecule has 0 atom stereocenters. The fourth-order valence-electron chi connectivity index (χ4n) is 3.03. The molecule has 0 amide bonds. The lowest BCUT2D eigenvalue weighted by atomic mass is 10.2. The van der Waals surface area contributed by atoms with Gasteiger partial charge in [-0.3, -0.25) is 18.5 Å². The van der Waals surface area contributed by atoms with Crippen molar-refractivity contribution in [1.82, 2.24) is 18.7 Å². The predicted octanol–water partition coefficient (Wildman–Crippen LogP) is 1.46. The van der Waals surface area contributed by atoms with Crippen LogP contribution in [0.1, 0.15) is 18.9 Å². The van der Waals surface area contributed by atoms with Crippen molar-refractivity contribution in [3.05, 3.63) is 56.5 Å². The summed E-state index contributed by atoms with van der Waals surface area (Å²) in [6, 6.07) is 6.06. The zero-order chi connectivity index (χ0) is 20.3. The Balaban J connectivity index is 2.05. The SMILES string of the molecule is CCOCCCNc1nc2c(c(=O)n(C)c(=O)n2C)n1Cc1ccc(F)cc1. The van der Waals surface area contributed by atoms with Gasteiger partial charge in [-0.25, -0.2) is 9.18 Å². The fourth-order valence-corrected chi connectivity index (χ4v) is 3.03. The quantitative estimate of drug-likeness (QED) is 0.590. The maximum Gasteiger partial charge on any atom is 0.332 e. The van der Waals surface area contributed by atoms with E-state index in [1.54, 1.807) is 23.7 Å². The normalized spacial score (nSPS) is 11.3. The molecule has 0 unspecified atom stereocenters. The molecule has 0 spiro atoms. The van der Waals surface area contributed by atoms with Crippen LogP contribution in [0.4, 0.5) is 10.3 Å². The minimum absolute atomic E-state index is 0.308. The molecule has 9 heteroatoms. The molecule has 0 bridgehead atoms. The third kappa shape index (κ3) is 3.84. The van der Waals surface area contributed by atoms with Gasteiger partial charge < -0.3 is 10.1 Å². The topological polar surface area (TPSA) is 83.1 Å². The van der Waals surface area contributed by atoms with E-state index >= 15 is 0 Å². The van der Waals surface area contributed by atoms with Crippen molar-refractivity contribution < 1.29 is 9.13 Å². The fraction of sp³-hybridized carbons (Fsp3) is 0.421.